The van der Waals surface area contributed by atoms with Crippen LogP contribution in [-0.2, 0) is 65.4 Å². The first-order valence-corrected chi connectivity index (χ1v) is 40.1. The van der Waals surface area contributed by atoms with E-state index in [1.807, 2.05) is 0 Å². The van der Waals surface area contributed by atoms with Gasteiger partial charge in [0.25, 0.3) is 0 Å². The van der Waals surface area contributed by atoms with Crippen molar-refractivity contribution in [3.05, 3.63) is 0 Å². The molecule has 0 aromatic carbocycles. The Morgan fingerprint density at radius 2 is 0.511 bits per heavy atom. The van der Waals surface area contributed by atoms with Gasteiger partial charge < -0.3 is 33.8 Å². The van der Waals surface area contributed by atoms with E-state index in [9.17, 15) is 43.2 Å². The van der Waals surface area contributed by atoms with Crippen molar-refractivity contribution in [3.8, 4) is 0 Å². The minimum Gasteiger partial charge on any atom is -0.462 e. The number of carbonyl (C=O) groups excluding carboxylic acids is 4. The van der Waals surface area contributed by atoms with Crippen LogP contribution in [0.5, 0.6) is 0 Å². The summed E-state index contributed by atoms with van der Waals surface area (Å²) in [6, 6.07) is 0. The molecule has 0 aromatic heterocycles. The number of aliphatic hydroxyl groups excluding tert-OH is 1. The third-order valence-corrected chi connectivity index (χ3v) is 18.4. The summed E-state index contributed by atoms with van der Waals surface area (Å²) in [5.41, 5.74) is 0. The second kappa shape index (κ2) is 64.4. The topological polar surface area (TPSA) is 237 Å². The van der Waals surface area contributed by atoms with Crippen molar-refractivity contribution in [3.63, 3.8) is 0 Å². The molecule has 19 heteroatoms. The molecule has 0 fully saturated rings. The molecule has 0 aliphatic heterocycles. The quantitative estimate of drug-likeness (QED) is 0.0222. The molecule has 0 saturated carbocycles. The van der Waals surface area contributed by atoms with E-state index in [1.54, 1.807) is 0 Å². The fourth-order valence-electron chi connectivity index (χ4n) is 10.8. The Morgan fingerprint density at radius 3 is 0.756 bits per heavy atom. The van der Waals surface area contributed by atoms with Crippen molar-refractivity contribution < 1.29 is 80.2 Å². The fraction of sp³-hybridized carbons (Fsp3) is 0.944. The second-order valence-electron chi connectivity index (χ2n) is 26.1. The van der Waals surface area contributed by atoms with E-state index >= 15 is 0 Å². The molecule has 0 aliphatic carbocycles. The highest BCUT2D eigenvalue weighted by Gasteiger charge is 2.30. The number of aliphatic hydroxyl groups is 1. The number of hydrogen-bond donors (Lipinski definition) is 3. The highest BCUT2D eigenvalue weighted by Crippen LogP contribution is 2.45. The van der Waals surface area contributed by atoms with Gasteiger partial charge in [0, 0.05) is 25.7 Å². The molecule has 90 heavy (non-hydrogen) atoms. The number of rotatable bonds is 71. The lowest BCUT2D eigenvalue weighted by Gasteiger charge is -2.21. The van der Waals surface area contributed by atoms with Crippen molar-refractivity contribution in [2.45, 2.75) is 387 Å². The van der Waals surface area contributed by atoms with Gasteiger partial charge in [-0.15, -0.1) is 0 Å². The summed E-state index contributed by atoms with van der Waals surface area (Å²) in [5, 5.41) is 10.6. The number of ether oxygens (including phenoxy) is 4. The summed E-state index contributed by atoms with van der Waals surface area (Å²) in [6.07, 6.45) is 51.3. The number of phosphoric acid groups is 2. The Morgan fingerprint density at radius 1 is 0.300 bits per heavy atom. The summed E-state index contributed by atoms with van der Waals surface area (Å²) in [4.78, 5) is 72.5. The van der Waals surface area contributed by atoms with E-state index in [2.05, 4.69) is 34.6 Å². The third-order valence-electron chi connectivity index (χ3n) is 16.5. The van der Waals surface area contributed by atoms with Crippen LogP contribution in [0.4, 0.5) is 0 Å². The Hall–Kier alpha value is -1.94. The van der Waals surface area contributed by atoms with E-state index < -0.39 is 97.5 Å². The zero-order chi connectivity index (χ0) is 66.3. The van der Waals surface area contributed by atoms with Gasteiger partial charge in [-0.05, 0) is 31.6 Å². The summed E-state index contributed by atoms with van der Waals surface area (Å²) >= 11 is 0. The lowest BCUT2D eigenvalue weighted by molar-refractivity contribution is -0.161. The smallest absolute Gasteiger partial charge is 0.462 e. The van der Waals surface area contributed by atoms with Crippen LogP contribution in [0.25, 0.3) is 0 Å². The van der Waals surface area contributed by atoms with Crippen molar-refractivity contribution in [1.82, 2.24) is 0 Å². The molecule has 0 aromatic rings. The minimum absolute atomic E-state index is 0.106. The van der Waals surface area contributed by atoms with Crippen molar-refractivity contribution in [2.24, 2.45) is 5.92 Å². The second-order valence-corrected chi connectivity index (χ2v) is 29.0. The lowest BCUT2D eigenvalue weighted by atomic mass is 10.0. The van der Waals surface area contributed by atoms with Gasteiger partial charge in [0.2, 0.25) is 0 Å². The van der Waals surface area contributed by atoms with Gasteiger partial charge in [0.15, 0.2) is 12.2 Å². The Kier molecular flexibility index (Phi) is 63.0. The van der Waals surface area contributed by atoms with Gasteiger partial charge in [-0.25, -0.2) is 9.13 Å². The van der Waals surface area contributed by atoms with E-state index in [4.69, 9.17) is 37.0 Å². The molecule has 0 aliphatic rings. The molecule has 0 radical (unpaired) electrons. The number of phosphoric ester groups is 2. The standard InChI is InChI=1S/C71H138O17P2/c1-6-9-12-15-18-21-23-24-25-29-32-36-40-45-50-55-69(74)82-61-67(88-71(76)57-52-47-42-37-33-30-27-26-28-31-34-38-43-48-53-64(4)5)63-86-90(79,80)84-59-65(72)58-83-89(77,78)85-62-66(60-81-68(73)54-49-44-39-20-17-14-11-8-3)87-70(75)56-51-46-41-35-22-19-16-13-10-7-2/h64-67,72H,6-63H2,1-5H3,(H,77,78)(H,79,80)/t65-,66+,67+/m0/s1. The lowest BCUT2D eigenvalue weighted by Crippen LogP contribution is -2.30. The molecule has 5 atom stereocenters. The Labute approximate surface area is 549 Å². The van der Waals surface area contributed by atoms with E-state index in [1.165, 1.54) is 186 Å². The zero-order valence-electron chi connectivity index (χ0n) is 58.3. The van der Waals surface area contributed by atoms with Gasteiger partial charge in [0.1, 0.15) is 19.3 Å². The fourth-order valence-corrected chi connectivity index (χ4v) is 12.4. The van der Waals surface area contributed by atoms with Crippen molar-refractivity contribution >= 4 is 39.5 Å². The Bertz CT molecular complexity index is 1740. The van der Waals surface area contributed by atoms with Gasteiger partial charge in [0.05, 0.1) is 26.4 Å². The summed E-state index contributed by atoms with van der Waals surface area (Å²) in [7, 11) is -9.89. The largest absolute Gasteiger partial charge is 0.472 e. The molecule has 3 N–H and O–H groups in total. The summed E-state index contributed by atoms with van der Waals surface area (Å²) < 4.78 is 68.2. The van der Waals surface area contributed by atoms with Crippen LogP contribution in [0.2, 0.25) is 0 Å². The molecule has 0 saturated heterocycles. The molecule has 2 unspecified atom stereocenters. The first kappa shape index (κ1) is 88.1. The van der Waals surface area contributed by atoms with Gasteiger partial charge in [-0.3, -0.25) is 37.3 Å². The minimum atomic E-state index is -4.95. The monoisotopic (exact) mass is 1320 g/mol. The zero-order valence-corrected chi connectivity index (χ0v) is 60.1. The average molecular weight is 1330 g/mol. The number of unbranched alkanes of at least 4 members (excludes halogenated alkanes) is 43. The number of carbonyl (C=O) groups is 4. The molecule has 0 heterocycles. The van der Waals surface area contributed by atoms with E-state index in [-0.39, 0.29) is 25.7 Å². The van der Waals surface area contributed by atoms with Crippen LogP contribution in [0.3, 0.4) is 0 Å². The van der Waals surface area contributed by atoms with Gasteiger partial charge in [-0.1, -0.05) is 317 Å². The number of hydrogen-bond acceptors (Lipinski definition) is 15. The van der Waals surface area contributed by atoms with E-state index in [0.29, 0.717) is 25.7 Å². The molecule has 0 amide bonds. The maximum absolute atomic E-state index is 13.0. The van der Waals surface area contributed by atoms with Gasteiger partial charge in [-0.2, -0.15) is 0 Å². The average Bonchev–Trinajstić information content (AvgIpc) is 3.68. The summed E-state index contributed by atoms with van der Waals surface area (Å²) in [6.45, 7) is 7.25. The molecular weight excluding hydrogens is 1190 g/mol. The highest BCUT2D eigenvalue weighted by atomic mass is 31.2. The normalized spacial score (nSPS) is 14.1. The highest BCUT2D eigenvalue weighted by molar-refractivity contribution is 7.47. The van der Waals surface area contributed by atoms with Crippen molar-refractivity contribution in [2.75, 3.05) is 39.6 Å². The maximum atomic E-state index is 13.0. The van der Waals surface area contributed by atoms with Crippen LogP contribution in [0.1, 0.15) is 369 Å². The van der Waals surface area contributed by atoms with Crippen LogP contribution in [0.15, 0.2) is 0 Å². The first-order chi connectivity index (χ1) is 43.5. The SMILES string of the molecule is CCCCCCCCCCCCCCCCCC(=O)OC[C@H](COP(=O)(O)OC[C@@H](O)COP(=O)(O)OC[C@@H](COC(=O)CCCCCCCCCC)OC(=O)CCCCCCCCCCCC)OC(=O)CCCCCCCCCCCCCCCCC(C)C. The van der Waals surface area contributed by atoms with E-state index in [0.717, 1.165) is 102 Å². The van der Waals surface area contributed by atoms with Crippen molar-refractivity contribution in [1.29, 1.82) is 0 Å². The van der Waals surface area contributed by atoms with Crippen LogP contribution >= 0.6 is 15.6 Å². The predicted octanol–water partition coefficient (Wildman–Crippen LogP) is 20.5. The van der Waals surface area contributed by atoms with Crippen LogP contribution in [-0.4, -0.2) is 96.7 Å². The first-order valence-electron chi connectivity index (χ1n) is 37.1. The van der Waals surface area contributed by atoms with Gasteiger partial charge >= 0.3 is 39.5 Å². The Balaban J connectivity index is 5.20. The molecule has 17 nitrogen and oxygen atoms in total. The predicted molar refractivity (Wildman–Crippen MR) is 363 cm³/mol. The third kappa shape index (κ3) is 64.8. The molecular formula is C71H138O17P2. The maximum Gasteiger partial charge on any atom is 0.472 e. The molecule has 0 bridgehead atoms. The molecule has 0 spiro atoms. The molecule has 0 rings (SSSR count). The number of esters is 4. The van der Waals surface area contributed by atoms with Crippen LogP contribution in [0, 0.1) is 5.92 Å². The van der Waals surface area contributed by atoms with Crippen LogP contribution < -0.4 is 0 Å². The summed E-state index contributed by atoms with van der Waals surface area (Å²) in [5.74, 6) is -1.33. The molecule has 534 valence electrons.